The molecule has 0 radical (unpaired) electrons. The highest BCUT2D eigenvalue weighted by Crippen LogP contribution is 2.59. The lowest BCUT2D eigenvalue weighted by atomic mass is 10.0. The van der Waals surface area contributed by atoms with Gasteiger partial charge in [-0.15, -0.1) is 0 Å². The van der Waals surface area contributed by atoms with Crippen molar-refractivity contribution in [2.45, 2.75) is 33.8 Å². The third kappa shape index (κ3) is 3.70. The predicted molar refractivity (Wildman–Crippen MR) is 87.4 cm³/mol. The van der Waals surface area contributed by atoms with E-state index in [0.29, 0.717) is 0 Å². The molecule has 8 heteroatoms. The van der Waals surface area contributed by atoms with Gasteiger partial charge < -0.3 is 9.47 Å². The number of ether oxygens (including phenoxy) is 2. The van der Waals surface area contributed by atoms with Crippen molar-refractivity contribution in [3.05, 3.63) is 46.5 Å². The number of rotatable bonds is 5. The summed E-state index contributed by atoms with van der Waals surface area (Å²) in [5.41, 5.74) is -2.32. The maximum absolute atomic E-state index is 14.1. The number of carbonyl (C=O) groups is 2. The van der Waals surface area contributed by atoms with E-state index < -0.39 is 63.8 Å². The Hall–Kier alpha value is -2.38. The summed E-state index contributed by atoms with van der Waals surface area (Å²) in [6.07, 6.45) is 1.13. The molecule has 1 aromatic carbocycles. The molecule has 1 saturated carbocycles. The third-order valence-electron chi connectivity index (χ3n) is 5.02. The SMILES string of the molecule is COC(=O)C=C[C@@H]1[C@H](C(=O)O[C@H](C)c2c(F)c(F)c(C)c(F)c2F)C1(C)C. The number of allylic oxidation sites excluding steroid dienone is 1. The van der Waals surface area contributed by atoms with E-state index in [-0.39, 0.29) is 5.92 Å². The van der Waals surface area contributed by atoms with Gasteiger partial charge in [0.15, 0.2) is 23.3 Å². The van der Waals surface area contributed by atoms with Crippen LogP contribution in [0.5, 0.6) is 0 Å². The number of halogens is 4. The molecular weight excluding hydrogens is 368 g/mol. The van der Waals surface area contributed by atoms with Gasteiger partial charge in [-0.05, 0) is 25.2 Å². The van der Waals surface area contributed by atoms with Crippen molar-refractivity contribution in [1.29, 1.82) is 0 Å². The smallest absolute Gasteiger partial charge is 0.330 e. The van der Waals surface area contributed by atoms with E-state index >= 15 is 0 Å². The molecule has 1 aliphatic carbocycles. The number of hydrogen-bond acceptors (Lipinski definition) is 4. The van der Waals surface area contributed by atoms with Crippen molar-refractivity contribution in [1.82, 2.24) is 0 Å². The molecule has 1 aliphatic rings. The first-order chi connectivity index (χ1) is 12.4. The van der Waals surface area contributed by atoms with Crippen molar-refractivity contribution in [3.63, 3.8) is 0 Å². The molecule has 0 spiro atoms. The van der Waals surface area contributed by atoms with Crippen molar-refractivity contribution in [3.8, 4) is 0 Å². The number of methoxy groups -OCH3 is 1. The summed E-state index contributed by atoms with van der Waals surface area (Å²) in [5.74, 6) is -8.65. The van der Waals surface area contributed by atoms with Gasteiger partial charge in [-0.1, -0.05) is 19.9 Å². The monoisotopic (exact) mass is 388 g/mol. The molecule has 4 nitrogen and oxygen atoms in total. The van der Waals surface area contributed by atoms with Crippen molar-refractivity contribution in [2.75, 3.05) is 7.11 Å². The molecule has 1 aromatic rings. The largest absolute Gasteiger partial charge is 0.466 e. The zero-order chi connectivity index (χ0) is 20.7. The lowest BCUT2D eigenvalue weighted by molar-refractivity contribution is -0.151. The highest BCUT2D eigenvalue weighted by atomic mass is 19.2. The third-order valence-corrected chi connectivity index (χ3v) is 5.02. The molecular formula is C19H20F4O4. The zero-order valence-corrected chi connectivity index (χ0v) is 15.5. The number of carbonyl (C=O) groups excluding carboxylic acids is 2. The van der Waals surface area contributed by atoms with Crippen LogP contribution >= 0.6 is 0 Å². The fraction of sp³-hybridized carbons (Fsp3) is 0.474. The van der Waals surface area contributed by atoms with Crippen LogP contribution in [0.1, 0.15) is 38.0 Å². The van der Waals surface area contributed by atoms with Crippen molar-refractivity contribution >= 4 is 11.9 Å². The van der Waals surface area contributed by atoms with Crippen LogP contribution in [-0.2, 0) is 19.1 Å². The average Bonchev–Trinajstić information content (AvgIpc) is 3.16. The van der Waals surface area contributed by atoms with Gasteiger partial charge in [0, 0.05) is 11.6 Å². The molecule has 0 unspecified atom stereocenters. The molecule has 0 N–H and O–H groups in total. The van der Waals surface area contributed by atoms with Crippen LogP contribution in [0, 0.1) is 47.4 Å². The quantitative estimate of drug-likeness (QED) is 0.329. The summed E-state index contributed by atoms with van der Waals surface area (Å²) in [7, 11) is 1.21. The molecule has 27 heavy (non-hydrogen) atoms. The lowest BCUT2D eigenvalue weighted by Crippen LogP contribution is -2.17. The van der Waals surface area contributed by atoms with E-state index in [1.54, 1.807) is 13.8 Å². The first-order valence-electron chi connectivity index (χ1n) is 8.24. The Bertz CT molecular complexity index is 787. The van der Waals surface area contributed by atoms with Gasteiger partial charge in [-0.3, -0.25) is 4.79 Å². The van der Waals surface area contributed by atoms with Gasteiger partial charge in [0.1, 0.15) is 6.10 Å². The fourth-order valence-corrected chi connectivity index (χ4v) is 3.16. The van der Waals surface area contributed by atoms with Gasteiger partial charge in [0.2, 0.25) is 0 Å². The van der Waals surface area contributed by atoms with Crippen LogP contribution in [0.2, 0.25) is 0 Å². The molecule has 2 rings (SSSR count). The highest BCUT2D eigenvalue weighted by molar-refractivity contribution is 5.83. The molecule has 3 atom stereocenters. The van der Waals surface area contributed by atoms with E-state index in [2.05, 4.69) is 4.74 Å². The van der Waals surface area contributed by atoms with E-state index in [0.717, 1.165) is 13.8 Å². The Labute approximate surface area is 154 Å². The minimum absolute atomic E-state index is 0.350. The van der Waals surface area contributed by atoms with Crippen LogP contribution in [0.3, 0.4) is 0 Å². The molecule has 1 fully saturated rings. The van der Waals surface area contributed by atoms with E-state index in [1.165, 1.54) is 19.3 Å². The van der Waals surface area contributed by atoms with E-state index in [4.69, 9.17) is 4.74 Å². The Morgan fingerprint density at radius 1 is 1.07 bits per heavy atom. The van der Waals surface area contributed by atoms with E-state index in [1.807, 2.05) is 0 Å². The minimum atomic E-state index is -1.59. The maximum atomic E-state index is 14.1. The normalized spacial score (nSPS) is 21.8. The topological polar surface area (TPSA) is 52.6 Å². The Morgan fingerprint density at radius 3 is 2.07 bits per heavy atom. The average molecular weight is 388 g/mol. The molecule has 148 valence electrons. The zero-order valence-electron chi connectivity index (χ0n) is 15.5. The highest BCUT2D eigenvalue weighted by Gasteiger charge is 2.61. The Balaban J connectivity index is 2.20. The summed E-state index contributed by atoms with van der Waals surface area (Å²) in [6.45, 7) is 5.54. The number of hydrogen-bond donors (Lipinski definition) is 0. The van der Waals surface area contributed by atoms with Crippen LogP contribution in [0.15, 0.2) is 12.2 Å². The second kappa shape index (κ2) is 7.32. The van der Waals surface area contributed by atoms with Gasteiger partial charge in [-0.2, -0.15) is 0 Å². The maximum Gasteiger partial charge on any atom is 0.330 e. The van der Waals surface area contributed by atoms with Gasteiger partial charge in [0.05, 0.1) is 18.6 Å². The fourth-order valence-electron chi connectivity index (χ4n) is 3.16. The number of esters is 2. The van der Waals surface area contributed by atoms with Crippen molar-refractivity contribution in [2.24, 2.45) is 17.3 Å². The van der Waals surface area contributed by atoms with Crippen LogP contribution < -0.4 is 0 Å². The molecule has 0 aliphatic heterocycles. The second-order valence-corrected chi connectivity index (χ2v) is 7.08. The summed E-state index contributed by atoms with van der Waals surface area (Å²) in [5, 5.41) is 0. The number of benzene rings is 1. The Kier molecular flexibility index (Phi) is 5.68. The van der Waals surface area contributed by atoms with Crippen LogP contribution in [-0.4, -0.2) is 19.0 Å². The Morgan fingerprint density at radius 2 is 1.59 bits per heavy atom. The predicted octanol–water partition coefficient (Wildman–Crippen LogP) is 4.16. The minimum Gasteiger partial charge on any atom is -0.466 e. The first kappa shape index (κ1) is 20.9. The van der Waals surface area contributed by atoms with Crippen molar-refractivity contribution < 1.29 is 36.6 Å². The summed E-state index contributed by atoms with van der Waals surface area (Å²) < 4.78 is 65.1. The summed E-state index contributed by atoms with van der Waals surface area (Å²) in [4.78, 5) is 23.6. The summed E-state index contributed by atoms with van der Waals surface area (Å²) in [6, 6.07) is 0. The molecule has 0 heterocycles. The van der Waals surface area contributed by atoms with Gasteiger partial charge in [0.25, 0.3) is 0 Å². The molecule has 0 bridgehead atoms. The molecule has 0 amide bonds. The van der Waals surface area contributed by atoms with E-state index in [9.17, 15) is 27.2 Å². The molecule has 0 aromatic heterocycles. The molecule has 0 saturated heterocycles. The first-order valence-corrected chi connectivity index (χ1v) is 8.24. The standard InChI is InChI=1S/C19H20F4O4/c1-8-14(20)16(22)12(17(23)15(8)21)9(2)27-18(25)13-10(19(13,3)4)6-7-11(24)26-5/h6-7,9-10,13H,1-5H3/t9-,10-,13-/m1/s1. The van der Waals surface area contributed by atoms with Gasteiger partial charge in [-0.25, -0.2) is 22.4 Å². The van der Waals surface area contributed by atoms with Crippen LogP contribution in [0.25, 0.3) is 0 Å². The van der Waals surface area contributed by atoms with Gasteiger partial charge >= 0.3 is 11.9 Å². The lowest BCUT2D eigenvalue weighted by Gasteiger charge is -2.17. The second-order valence-electron chi connectivity index (χ2n) is 7.08. The van der Waals surface area contributed by atoms with Crippen LogP contribution in [0.4, 0.5) is 17.6 Å². The summed E-state index contributed by atoms with van der Waals surface area (Å²) >= 11 is 0.